The number of amides is 1. The first-order valence-electron chi connectivity index (χ1n) is 11.9. The van der Waals surface area contributed by atoms with Crippen molar-refractivity contribution in [3.63, 3.8) is 0 Å². The van der Waals surface area contributed by atoms with E-state index >= 15 is 4.39 Å². The number of hydrogen-bond acceptors (Lipinski definition) is 7. The molecular formula is C23H26F3N7O3. The molecule has 4 aliphatic carbocycles. The normalized spacial score (nSPS) is 28.7. The lowest BCUT2D eigenvalue weighted by Crippen LogP contribution is -2.68. The zero-order chi connectivity index (χ0) is 25.0. The van der Waals surface area contributed by atoms with Crippen LogP contribution >= 0.6 is 0 Å². The van der Waals surface area contributed by atoms with Gasteiger partial charge in [0, 0.05) is 42.6 Å². The van der Waals surface area contributed by atoms with E-state index in [1.807, 2.05) is 0 Å². The first-order chi connectivity index (χ1) is 17.3. The molecule has 0 aromatic carbocycles. The van der Waals surface area contributed by atoms with E-state index in [0.717, 1.165) is 19.3 Å². The number of H-pyrrole nitrogens is 1. The van der Waals surface area contributed by atoms with Crippen molar-refractivity contribution in [3.8, 4) is 0 Å². The smallest absolute Gasteiger partial charge is 0.407 e. The molecule has 0 unspecified atom stereocenters. The van der Waals surface area contributed by atoms with Crippen molar-refractivity contribution in [2.75, 3.05) is 12.4 Å². The predicted octanol–water partition coefficient (Wildman–Crippen LogP) is 4.14. The van der Waals surface area contributed by atoms with E-state index < -0.39 is 36.4 Å². The quantitative estimate of drug-likeness (QED) is 0.421. The van der Waals surface area contributed by atoms with Gasteiger partial charge in [-0.25, -0.2) is 27.9 Å². The van der Waals surface area contributed by atoms with Crippen molar-refractivity contribution in [1.82, 2.24) is 29.9 Å². The van der Waals surface area contributed by atoms with Gasteiger partial charge in [-0.3, -0.25) is 9.50 Å². The van der Waals surface area contributed by atoms with Crippen molar-refractivity contribution in [1.29, 1.82) is 0 Å². The molecule has 10 nitrogen and oxygen atoms in total. The summed E-state index contributed by atoms with van der Waals surface area (Å²) in [5, 5.41) is 12.8. The van der Waals surface area contributed by atoms with E-state index in [-0.39, 0.29) is 29.6 Å². The molecule has 7 rings (SSSR count). The van der Waals surface area contributed by atoms with Gasteiger partial charge in [0.05, 0.1) is 12.3 Å². The third-order valence-electron chi connectivity index (χ3n) is 7.44. The van der Waals surface area contributed by atoms with E-state index in [1.165, 1.54) is 17.6 Å². The monoisotopic (exact) mass is 505 g/mol. The second kappa shape index (κ2) is 8.64. The number of fused-ring (bicyclic) bond motifs is 1. The number of alkyl halides is 3. The first kappa shape index (κ1) is 23.1. The number of halogens is 3. The molecule has 2 bridgehead atoms. The van der Waals surface area contributed by atoms with Crippen molar-refractivity contribution >= 4 is 23.5 Å². The minimum atomic E-state index is -2.79. The number of hydrogen-bond donors (Lipinski definition) is 3. The number of imidazole rings is 1. The van der Waals surface area contributed by atoms with Crippen LogP contribution in [0.2, 0.25) is 0 Å². The molecule has 4 aliphatic rings. The van der Waals surface area contributed by atoms with Crippen molar-refractivity contribution in [3.05, 3.63) is 35.4 Å². The highest BCUT2D eigenvalue weighted by atomic mass is 19.3. The maximum atomic E-state index is 15.2. The molecule has 3 atom stereocenters. The number of carbonyl (C=O) groups is 1. The molecule has 3 aromatic rings. The van der Waals surface area contributed by atoms with E-state index in [9.17, 15) is 13.6 Å². The zero-order valence-electron chi connectivity index (χ0n) is 19.5. The lowest BCUT2D eigenvalue weighted by atomic mass is 9.50. The third kappa shape index (κ3) is 4.04. The van der Waals surface area contributed by atoms with E-state index in [2.05, 4.69) is 30.8 Å². The number of carbonyl (C=O) groups excluding carboxylic acids is 1. The Hall–Kier alpha value is -3.35. The molecule has 0 saturated heterocycles. The van der Waals surface area contributed by atoms with Gasteiger partial charge in [0.1, 0.15) is 23.6 Å². The van der Waals surface area contributed by atoms with Crippen molar-refractivity contribution in [2.45, 2.75) is 68.9 Å². The number of ether oxygens (including phenoxy) is 2. The maximum Gasteiger partial charge on any atom is 0.407 e. The second-order valence-corrected chi connectivity index (χ2v) is 9.99. The number of nitrogens with one attached hydrogen (secondary N) is 3. The van der Waals surface area contributed by atoms with Gasteiger partial charge in [-0.1, -0.05) is 0 Å². The minimum absolute atomic E-state index is 0.0883. The first-order valence-corrected chi connectivity index (χ1v) is 11.9. The molecule has 0 spiro atoms. The Morgan fingerprint density at radius 3 is 2.78 bits per heavy atom. The Morgan fingerprint density at radius 2 is 2.08 bits per heavy atom. The lowest BCUT2D eigenvalue weighted by molar-refractivity contribution is -0.0532. The summed E-state index contributed by atoms with van der Waals surface area (Å²) in [4.78, 5) is 20.5. The Labute approximate surface area is 204 Å². The number of alkyl carbamates (subject to hydrolysis) is 1. The molecule has 3 N–H and O–H groups in total. The Morgan fingerprint density at radius 1 is 1.28 bits per heavy atom. The molecule has 4 fully saturated rings. The summed E-state index contributed by atoms with van der Waals surface area (Å²) in [6.45, 7) is 0.208. The van der Waals surface area contributed by atoms with Crippen LogP contribution in [0.3, 0.4) is 0 Å². The van der Waals surface area contributed by atoms with Gasteiger partial charge in [0.15, 0.2) is 5.82 Å². The molecule has 0 aliphatic heterocycles. The lowest BCUT2D eigenvalue weighted by Gasteiger charge is -2.61. The molecule has 3 heterocycles. The molecule has 13 heteroatoms. The van der Waals surface area contributed by atoms with Gasteiger partial charge in [-0.15, -0.1) is 0 Å². The molecule has 1 amide bonds. The van der Waals surface area contributed by atoms with E-state index in [4.69, 9.17) is 9.47 Å². The molecule has 3 aromatic heterocycles. The summed E-state index contributed by atoms with van der Waals surface area (Å²) in [7, 11) is 1.51. The fraction of sp³-hybridized carbons (Fsp3) is 0.565. The van der Waals surface area contributed by atoms with Gasteiger partial charge >= 0.3 is 6.09 Å². The highest BCUT2D eigenvalue weighted by Gasteiger charge is 2.58. The Balaban J connectivity index is 1.15. The van der Waals surface area contributed by atoms with Crippen LogP contribution in [0, 0.1) is 5.92 Å². The van der Waals surface area contributed by atoms with Gasteiger partial charge in [0.25, 0.3) is 6.43 Å². The number of nitrogens with zero attached hydrogens (tertiary/aromatic N) is 4. The van der Waals surface area contributed by atoms with E-state index in [0.29, 0.717) is 30.1 Å². The average molecular weight is 506 g/mol. The zero-order valence-corrected chi connectivity index (χ0v) is 19.5. The average Bonchev–Trinajstić information content (AvgIpc) is 3.49. The summed E-state index contributed by atoms with van der Waals surface area (Å²) in [6, 6.07) is 2.82. The highest BCUT2D eigenvalue weighted by molar-refractivity contribution is 5.69. The molecular weight excluding hydrogens is 479 g/mol. The summed E-state index contributed by atoms with van der Waals surface area (Å²) < 4.78 is 54.0. The molecule has 192 valence electrons. The van der Waals surface area contributed by atoms with Crippen molar-refractivity contribution in [2.24, 2.45) is 5.92 Å². The highest BCUT2D eigenvalue weighted by Crippen LogP contribution is 2.57. The van der Waals surface area contributed by atoms with Crippen LogP contribution in [0.5, 0.6) is 0 Å². The number of aromatic nitrogens is 5. The molecule has 0 radical (unpaired) electrons. The standard InChI is InChI=1S/C23H26F3N7O3/c1-35-10-12-9-33-18(27-12)5-15(20(25)26)28-21(33)29-17-4-14(31-32-17)13-2-3-16(19(13)24)36-22(34)30-23-6-11(7-23)8-23/h4-5,9,11,13,16,19-20H,2-3,6-8,10H2,1H3,(H,30,34)(H2,28,29,31,32)/t11?,13-,16-,19-,23?/m1/s1. The summed E-state index contributed by atoms with van der Waals surface area (Å²) in [5.74, 6) is 0.543. The number of rotatable bonds is 8. The fourth-order valence-electron chi connectivity index (χ4n) is 5.57. The summed E-state index contributed by atoms with van der Waals surface area (Å²) >= 11 is 0. The topological polar surface area (TPSA) is 118 Å². The number of methoxy groups -OCH3 is 1. The molecule has 36 heavy (non-hydrogen) atoms. The Kier molecular flexibility index (Phi) is 5.54. The van der Waals surface area contributed by atoms with Crippen LogP contribution in [0.1, 0.15) is 61.5 Å². The third-order valence-corrected chi connectivity index (χ3v) is 7.44. The van der Waals surface area contributed by atoms with E-state index in [1.54, 1.807) is 12.3 Å². The van der Waals surface area contributed by atoms with Crippen LogP contribution in [0.4, 0.5) is 29.7 Å². The Bertz CT molecular complexity index is 1280. The fourth-order valence-corrected chi connectivity index (χ4v) is 5.57. The van der Waals surface area contributed by atoms with Crippen molar-refractivity contribution < 1.29 is 27.4 Å². The number of anilines is 2. The van der Waals surface area contributed by atoms with Gasteiger partial charge < -0.3 is 20.1 Å². The maximum absolute atomic E-state index is 15.2. The van der Waals surface area contributed by atoms with Gasteiger partial charge in [-0.2, -0.15) is 5.10 Å². The molecule has 4 saturated carbocycles. The van der Waals surface area contributed by atoms with Gasteiger partial charge in [0.2, 0.25) is 5.95 Å². The largest absolute Gasteiger partial charge is 0.443 e. The number of aromatic amines is 1. The van der Waals surface area contributed by atoms with Crippen LogP contribution in [0.25, 0.3) is 5.65 Å². The minimum Gasteiger partial charge on any atom is -0.443 e. The van der Waals surface area contributed by atoms with Crippen LogP contribution in [-0.2, 0) is 16.1 Å². The second-order valence-electron chi connectivity index (χ2n) is 9.99. The van der Waals surface area contributed by atoms with Crippen LogP contribution in [0.15, 0.2) is 18.3 Å². The summed E-state index contributed by atoms with van der Waals surface area (Å²) in [5.41, 5.74) is 0.778. The summed E-state index contributed by atoms with van der Waals surface area (Å²) in [6.07, 6.45) is -0.147. The predicted molar refractivity (Wildman–Crippen MR) is 121 cm³/mol. The van der Waals surface area contributed by atoms with Crippen LogP contribution in [-0.4, -0.2) is 55.6 Å². The van der Waals surface area contributed by atoms with Gasteiger partial charge in [-0.05, 0) is 38.0 Å². The van der Waals surface area contributed by atoms with Crippen LogP contribution < -0.4 is 10.6 Å². The SMILES string of the molecule is COCc1cn2c(Nc3cc([C@H]4CC[C@@H](OC(=O)NC56CC(C5)C6)[C@@H]4F)[nH]n3)nc(C(F)F)cc2n1.